The quantitative estimate of drug-likeness (QED) is 0.201. The average Bonchev–Trinajstić information content (AvgIpc) is 3.40. The Morgan fingerprint density at radius 2 is 1.97 bits per heavy atom. The number of hydrogen-bond donors (Lipinski definition) is 1. The first-order valence-corrected chi connectivity index (χ1v) is 12.2. The molecule has 37 heavy (non-hydrogen) atoms. The second-order valence-electron chi connectivity index (χ2n) is 7.85. The predicted octanol–water partition coefficient (Wildman–Crippen LogP) is 5.59. The minimum atomic E-state index is -0.505. The summed E-state index contributed by atoms with van der Waals surface area (Å²) >= 11 is 9.47. The van der Waals surface area contributed by atoms with E-state index >= 15 is 0 Å². The number of amides is 1. The maximum atomic E-state index is 12.6. The highest BCUT2D eigenvalue weighted by Gasteiger charge is 2.15. The van der Waals surface area contributed by atoms with Gasteiger partial charge in [0.25, 0.3) is 5.91 Å². The number of carbonyl (C=O) groups excluding carboxylic acids is 1. The molecule has 8 nitrogen and oxygen atoms in total. The largest absolute Gasteiger partial charge is 0.483 e. The number of aromatic nitrogens is 2. The molecule has 0 saturated heterocycles. The van der Waals surface area contributed by atoms with Crippen LogP contribution in [0.25, 0.3) is 27.9 Å². The van der Waals surface area contributed by atoms with E-state index in [1.807, 2.05) is 48.5 Å². The third-order valence-electron chi connectivity index (χ3n) is 5.37. The first kappa shape index (κ1) is 24.5. The molecule has 1 amide bonds. The molecule has 1 N–H and O–H groups in total. The van der Waals surface area contributed by atoms with Crippen molar-refractivity contribution in [3.8, 4) is 22.7 Å². The molecular weight excluding hydrogens is 560 g/mol. The van der Waals surface area contributed by atoms with Gasteiger partial charge in [-0.05, 0) is 54.6 Å². The van der Waals surface area contributed by atoms with Crippen LogP contribution in [0.3, 0.4) is 0 Å². The highest BCUT2D eigenvalue weighted by molar-refractivity contribution is 9.10. The molecule has 184 valence electrons. The van der Waals surface area contributed by atoms with Crippen LogP contribution in [0, 0.1) is 0 Å². The molecule has 0 aliphatic carbocycles. The lowest BCUT2D eigenvalue weighted by Crippen LogP contribution is -2.25. The summed E-state index contributed by atoms with van der Waals surface area (Å²) in [5.74, 6) is -0.0121. The molecule has 0 aliphatic heterocycles. The van der Waals surface area contributed by atoms with E-state index in [4.69, 9.17) is 20.8 Å². The van der Waals surface area contributed by atoms with Crippen molar-refractivity contribution in [2.75, 3.05) is 6.61 Å². The summed E-state index contributed by atoms with van der Waals surface area (Å²) in [6.45, 7) is -0.298. The fourth-order valence-electron chi connectivity index (χ4n) is 3.67. The van der Waals surface area contributed by atoms with Gasteiger partial charge in [-0.25, -0.2) is 10.1 Å². The SMILES string of the molecule is O=C(COc1ccc(Br)cc1-c1ccnn1-c1ccccc1)N/N=C/c1coc2ccc(Cl)cc2c1=O. The summed E-state index contributed by atoms with van der Waals surface area (Å²) in [7, 11) is 0. The van der Waals surface area contributed by atoms with Crippen LogP contribution in [0.4, 0.5) is 0 Å². The van der Waals surface area contributed by atoms with Gasteiger partial charge in [0.1, 0.15) is 17.6 Å². The minimum absolute atomic E-state index is 0.167. The van der Waals surface area contributed by atoms with Crippen molar-refractivity contribution < 1.29 is 13.9 Å². The summed E-state index contributed by atoms with van der Waals surface area (Å²) in [6, 6.07) is 21.8. The second-order valence-corrected chi connectivity index (χ2v) is 9.20. The van der Waals surface area contributed by atoms with Gasteiger partial charge in [0.05, 0.1) is 34.7 Å². The number of nitrogens with zero attached hydrogens (tertiary/aromatic N) is 3. The number of para-hydroxylation sites is 1. The lowest BCUT2D eigenvalue weighted by atomic mass is 10.1. The van der Waals surface area contributed by atoms with Crippen molar-refractivity contribution in [1.82, 2.24) is 15.2 Å². The molecule has 0 saturated carbocycles. The Morgan fingerprint density at radius 1 is 1.14 bits per heavy atom. The summed E-state index contributed by atoms with van der Waals surface area (Å²) in [5.41, 5.74) is 5.06. The van der Waals surface area contributed by atoms with E-state index in [0.29, 0.717) is 21.7 Å². The van der Waals surface area contributed by atoms with E-state index < -0.39 is 5.91 Å². The van der Waals surface area contributed by atoms with Crippen molar-refractivity contribution in [2.45, 2.75) is 0 Å². The monoisotopic (exact) mass is 576 g/mol. The van der Waals surface area contributed by atoms with Crippen molar-refractivity contribution in [3.63, 3.8) is 0 Å². The molecule has 0 bridgehead atoms. The molecule has 5 rings (SSSR count). The van der Waals surface area contributed by atoms with E-state index in [1.165, 1.54) is 18.5 Å². The lowest BCUT2D eigenvalue weighted by molar-refractivity contribution is -0.123. The molecule has 0 atom stereocenters. The van der Waals surface area contributed by atoms with Gasteiger partial charge in [-0.2, -0.15) is 10.2 Å². The molecule has 2 heterocycles. The van der Waals surface area contributed by atoms with Gasteiger partial charge in [0.15, 0.2) is 6.61 Å². The zero-order chi connectivity index (χ0) is 25.8. The number of halogens is 2. The molecule has 0 radical (unpaired) electrons. The first-order valence-electron chi connectivity index (χ1n) is 11.0. The molecule has 0 fully saturated rings. The van der Waals surface area contributed by atoms with Crippen molar-refractivity contribution >= 4 is 50.6 Å². The smallest absolute Gasteiger partial charge is 0.277 e. The highest BCUT2D eigenvalue weighted by Crippen LogP contribution is 2.34. The molecular formula is C27H18BrClN4O4. The van der Waals surface area contributed by atoms with Gasteiger partial charge in [-0.1, -0.05) is 45.7 Å². The Bertz CT molecular complexity index is 1680. The van der Waals surface area contributed by atoms with Gasteiger partial charge >= 0.3 is 0 Å². The van der Waals surface area contributed by atoms with E-state index in [1.54, 1.807) is 29.1 Å². The lowest BCUT2D eigenvalue weighted by Gasteiger charge is -2.13. The minimum Gasteiger partial charge on any atom is -0.483 e. The molecule has 5 aromatic rings. The summed E-state index contributed by atoms with van der Waals surface area (Å²) in [4.78, 5) is 25.0. The Hall–Kier alpha value is -4.21. The van der Waals surface area contributed by atoms with E-state index in [0.717, 1.165) is 21.4 Å². The van der Waals surface area contributed by atoms with Crippen LogP contribution in [0.1, 0.15) is 5.56 Å². The number of nitrogens with one attached hydrogen (secondary N) is 1. The van der Waals surface area contributed by atoms with Crippen LogP contribution in [-0.2, 0) is 4.79 Å². The molecule has 2 aromatic heterocycles. The molecule has 0 aliphatic rings. The zero-order valence-electron chi connectivity index (χ0n) is 19.1. The fraction of sp³-hybridized carbons (Fsp3) is 0.0370. The summed E-state index contributed by atoms with van der Waals surface area (Å²) < 4.78 is 13.9. The van der Waals surface area contributed by atoms with Gasteiger partial charge in [-0.3, -0.25) is 9.59 Å². The molecule has 0 unspecified atom stereocenters. The Morgan fingerprint density at radius 3 is 2.81 bits per heavy atom. The standard InChI is InChI=1S/C27H18BrClN4O4/c28-18-6-8-24(21(12-18)23-10-11-31-33(23)20-4-2-1-3-5-20)37-16-26(34)32-30-14-17-15-36-25-9-7-19(29)13-22(25)27(17)35/h1-15H,16H2,(H,32,34)/b30-14+. The van der Waals surface area contributed by atoms with Crippen LogP contribution < -0.4 is 15.6 Å². The first-order chi connectivity index (χ1) is 18.0. The number of benzene rings is 3. The summed E-state index contributed by atoms with van der Waals surface area (Å²) in [6.07, 6.45) is 4.19. The molecule has 3 aromatic carbocycles. The highest BCUT2D eigenvalue weighted by atomic mass is 79.9. The van der Waals surface area contributed by atoms with Crippen LogP contribution >= 0.6 is 27.5 Å². The van der Waals surface area contributed by atoms with E-state index in [2.05, 4.69) is 31.6 Å². The van der Waals surface area contributed by atoms with Gasteiger partial charge in [-0.15, -0.1) is 0 Å². The van der Waals surface area contributed by atoms with E-state index in [9.17, 15) is 9.59 Å². The van der Waals surface area contributed by atoms with Crippen molar-refractivity contribution in [2.24, 2.45) is 5.10 Å². The topological polar surface area (TPSA) is 98.7 Å². The third-order valence-corrected chi connectivity index (χ3v) is 6.10. The number of fused-ring (bicyclic) bond motifs is 1. The average molecular weight is 578 g/mol. The normalized spacial score (nSPS) is 11.2. The maximum Gasteiger partial charge on any atom is 0.277 e. The number of hydrogen-bond acceptors (Lipinski definition) is 6. The third kappa shape index (κ3) is 5.47. The van der Waals surface area contributed by atoms with Gasteiger partial charge in [0.2, 0.25) is 5.43 Å². The Labute approximate surface area is 224 Å². The van der Waals surface area contributed by atoms with Gasteiger partial charge < -0.3 is 9.15 Å². The fourth-order valence-corrected chi connectivity index (χ4v) is 4.20. The number of carbonyl (C=O) groups is 1. The number of hydrazone groups is 1. The zero-order valence-corrected chi connectivity index (χ0v) is 21.4. The van der Waals surface area contributed by atoms with Crippen molar-refractivity contribution in [3.05, 3.63) is 111 Å². The number of rotatable bonds is 7. The van der Waals surface area contributed by atoms with Crippen LogP contribution in [0.5, 0.6) is 5.75 Å². The van der Waals surface area contributed by atoms with Crippen LogP contribution in [0.15, 0.2) is 104 Å². The van der Waals surface area contributed by atoms with Crippen LogP contribution in [0.2, 0.25) is 5.02 Å². The van der Waals surface area contributed by atoms with Crippen LogP contribution in [-0.4, -0.2) is 28.5 Å². The number of ether oxygens (including phenoxy) is 1. The maximum absolute atomic E-state index is 12.6. The summed E-state index contributed by atoms with van der Waals surface area (Å²) in [5, 5.41) is 9.04. The second kappa shape index (κ2) is 10.8. The van der Waals surface area contributed by atoms with Gasteiger partial charge in [0, 0.05) is 15.1 Å². The molecule has 0 spiro atoms. The predicted molar refractivity (Wildman–Crippen MR) is 145 cm³/mol. The van der Waals surface area contributed by atoms with Crippen molar-refractivity contribution in [1.29, 1.82) is 0 Å². The molecule has 10 heteroatoms. The Balaban J connectivity index is 1.30. The van der Waals surface area contributed by atoms with E-state index in [-0.39, 0.29) is 17.6 Å². The Kier molecular flexibility index (Phi) is 7.16.